The number of carbonyl (C=O) groups excluding carboxylic acids is 1. The standard InChI is InChI=1S/C20H24N2O4/c1-25-16-8-9-19(26-2)17(11-16)18(23)12-21-20(24)22-15-7-6-13-4-3-5-14(13)10-15/h6-11,18,23H,3-5,12H2,1-2H3,(H2,21,22,24). The van der Waals surface area contributed by atoms with Crippen molar-refractivity contribution in [2.75, 3.05) is 26.1 Å². The van der Waals surface area contributed by atoms with Crippen molar-refractivity contribution in [3.8, 4) is 11.5 Å². The van der Waals surface area contributed by atoms with Gasteiger partial charge < -0.3 is 25.2 Å². The predicted molar refractivity (Wildman–Crippen MR) is 100.0 cm³/mol. The Morgan fingerprint density at radius 2 is 1.92 bits per heavy atom. The molecule has 0 fully saturated rings. The van der Waals surface area contributed by atoms with E-state index in [1.165, 1.54) is 24.7 Å². The molecule has 0 saturated heterocycles. The molecule has 0 bridgehead atoms. The van der Waals surface area contributed by atoms with Gasteiger partial charge in [-0.3, -0.25) is 0 Å². The first kappa shape index (κ1) is 18.1. The number of carbonyl (C=O) groups is 1. The summed E-state index contributed by atoms with van der Waals surface area (Å²) in [5.74, 6) is 1.15. The molecule has 0 radical (unpaired) electrons. The summed E-state index contributed by atoms with van der Waals surface area (Å²) in [4.78, 5) is 12.1. The van der Waals surface area contributed by atoms with Gasteiger partial charge in [-0.25, -0.2) is 4.79 Å². The maximum atomic E-state index is 12.1. The Labute approximate surface area is 153 Å². The van der Waals surface area contributed by atoms with Crippen LogP contribution in [0.4, 0.5) is 10.5 Å². The van der Waals surface area contributed by atoms with Crippen molar-refractivity contribution in [3.63, 3.8) is 0 Å². The van der Waals surface area contributed by atoms with Gasteiger partial charge in [-0.05, 0) is 60.7 Å². The van der Waals surface area contributed by atoms with Gasteiger partial charge in [0.25, 0.3) is 0 Å². The first-order valence-electron chi connectivity index (χ1n) is 8.67. The number of urea groups is 1. The maximum Gasteiger partial charge on any atom is 0.319 e. The van der Waals surface area contributed by atoms with Crippen LogP contribution < -0.4 is 20.1 Å². The molecule has 3 rings (SSSR count). The van der Waals surface area contributed by atoms with Crippen LogP contribution in [0.5, 0.6) is 11.5 Å². The number of hydrogen-bond donors (Lipinski definition) is 3. The van der Waals surface area contributed by atoms with E-state index in [0.717, 1.165) is 18.5 Å². The Hall–Kier alpha value is -2.73. The van der Waals surface area contributed by atoms with Crippen molar-refractivity contribution >= 4 is 11.7 Å². The SMILES string of the molecule is COc1ccc(OC)c(C(O)CNC(=O)Nc2ccc3c(c2)CCC3)c1. The number of aryl methyl sites for hydroxylation is 2. The number of aliphatic hydroxyl groups is 1. The smallest absolute Gasteiger partial charge is 0.319 e. The molecule has 2 amide bonds. The summed E-state index contributed by atoms with van der Waals surface area (Å²) in [5.41, 5.74) is 3.97. The van der Waals surface area contributed by atoms with Gasteiger partial charge in [-0.1, -0.05) is 6.07 Å². The summed E-state index contributed by atoms with van der Waals surface area (Å²) < 4.78 is 10.4. The van der Waals surface area contributed by atoms with E-state index in [2.05, 4.69) is 16.7 Å². The molecule has 6 heteroatoms. The quantitative estimate of drug-likeness (QED) is 0.743. The third-order valence-corrected chi connectivity index (χ3v) is 4.61. The molecule has 0 aliphatic heterocycles. The minimum absolute atomic E-state index is 0.0559. The van der Waals surface area contributed by atoms with Crippen molar-refractivity contribution in [2.45, 2.75) is 25.4 Å². The van der Waals surface area contributed by atoms with Crippen LogP contribution in [0, 0.1) is 0 Å². The molecule has 2 aromatic carbocycles. The van der Waals surface area contributed by atoms with Crippen LogP contribution in [0.15, 0.2) is 36.4 Å². The van der Waals surface area contributed by atoms with E-state index in [1.54, 1.807) is 25.3 Å². The van der Waals surface area contributed by atoms with Crippen LogP contribution >= 0.6 is 0 Å². The average Bonchev–Trinajstić information content (AvgIpc) is 3.13. The number of rotatable bonds is 6. The minimum Gasteiger partial charge on any atom is -0.497 e. The lowest BCUT2D eigenvalue weighted by molar-refractivity contribution is 0.170. The molecule has 0 spiro atoms. The van der Waals surface area contributed by atoms with Gasteiger partial charge >= 0.3 is 6.03 Å². The van der Waals surface area contributed by atoms with Crippen LogP contribution in [0.25, 0.3) is 0 Å². The number of amides is 2. The highest BCUT2D eigenvalue weighted by atomic mass is 16.5. The summed E-state index contributed by atoms with van der Waals surface area (Å²) >= 11 is 0. The molecular formula is C20H24N2O4. The number of hydrogen-bond acceptors (Lipinski definition) is 4. The maximum absolute atomic E-state index is 12.1. The number of ether oxygens (including phenoxy) is 2. The van der Waals surface area contributed by atoms with Crippen LogP contribution in [-0.2, 0) is 12.8 Å². The summed E-state index contributed by atoms with van der Waals surface area (Å²) in [6.07, 6.45) is 2.42. The zero-order chi connectivity index (χ0) is 18.5. The van der Waals surface area contributed by atoms with E-state index in [0.29, 0.717) is 17.1 Å². The largest absolute Gasteiger partial charge is 0.497 e. The van der Waals surface area contributed by atoms with E-state index in [9.17, 15) is 9.90 Å². The molecule has 1 aliphatic carbocycles. The van der Waals surface area contributed by atoms with Crippen LogP contribution in [0.1, 0.15) is 29.2 Å². The highest BCUT2D eigenvalue weighted by Gasteiger charge is 2.16. The minimum atomic E-state index is -0.911. The number of benzene rings is 2. The predicted octanol–water partition coefficient (Wildman–Crippen LogP) is 3.05. The second kappa shape index (κ2) is 8.10. The Bertz CT molecular complexity index is 791. The van der Waals surface area contributed by atoms with Crippen molar-refractivity contribution in [1.29, 1.82) is 0 Å². The molecule has 6 nitrogen and oxygen atoms in total. The second-order valence-electron chi connectivity index (χ2n) is 6.30. The number of fused-ring (bicyclic) bond motifs is 1. The third kappa shape index (κ3) is 4.08. The molecule has 1 unspecified atom stereocenters. The van der Waals surface area contributed by atoms with Gasteiger partial charge in [0.05, 0.1) is 14.2 Å². The van der Waals surface area contributed by atoms with Crippen LogP contribution in [-0.4, -0.2) is 31.9 Å². The van der Waals surface area contributed by atoms with Gasteiger partial charge in [0.1, 0.15) is 17.6 Å². The van der Waals surface area contributed by atoms with Crippen molar-refractivity contribution in [3.05, 3.63) is 53.1 Å². The summed E-state index contributed by atoms with van der Waals surface area (Å²) in [7, 11) is 3.09. The third-order valence-electron chi connectivity index (χ3n) is 4.61. The van der Waals surface area contributed by atoms with Crippen molar-refractivity contribution in [1.82, 2.24) is 5.32 Å². The first-order chi connectivity index (χ1) is 12.6. The Kier molecular flexibility index (Phi) is 5.63. The summed E-state index contributed by atoms with van der Waals surface area (Å²) in [6, 6.07) is 10.8. The van der Waals surface area contributed by atoms with Gasteiger partial charge in [0.2, 0.25) is 0 Å². The van der Waals surface area contributed by atoms with Crippen LogP contribution in [0.2, 0.25) is 0 Å². The number of methoxy groups -OCH3 is 2. The van der Waals surface area contributed by atoms with E-state index >= 15 is 0 Å². The second-order valence-corrected chi connectivity index (χ2v) is 6.30. The van der Waals surface area contributed by atoms with E-state index in [-0.39, 0.29) is 12.6 Å². The molecule has 26 heavy (non-hydrogen) atoms. The molecule has 138 valence electrons. The molecule has 1 aliphatic rings. The highest BCUT2D eigenvalue weighted by molar-refractivity contribution is 5.89. The molecule has 2 aromatic rings. The van der Waals surface area contributed by atoms with Gasteiger partial charge in [-0.2, -0.15) is 0 Å². The zero-order valence-corrected chi connectivity index (χ0v) is 15.0. The van der Waals surface area contributed by atoms with E-state index in [1.807, 2.05) is 12.1 Å². The monoisotopic (exact) mass is 356 g/mol. The molecule has 3 N–H and O–H groups in total. The highest BCUT2D eigenvalue weighted by Crippen LogP contribution is 2.29. The fourth-order valence-electron chi connectivity index (χ4n) is 3.22. The fourth-order valence-corrected chi connectivity index (χ4v) is 3.22. The normalized spacial score (nSPS) is 13.7. The Morgan fingerprint density at radius 1 is 1.12 bits per heavy atom. The zero-order valence-electron chi connectivity index (χ0n) is 15.0. The van der Waals surface area contributed by atoms with Crippen molar-refractivity contribution in [2.24, 2.45) is 0 Å². The topological polar surface area (TPSA) is 79.8 Å². The van der Waals surface area contributed by atoms with E-state index in [4.69, 9.17) is 9.47 Å². The first-order valence-corrected chi connectivity index (χ1v) is 8.67. The molecule has 0 heterocycles. The molecule has 1 atom stereocenters. The average molecular weight is 356 g/mol. The van der Waals surface area contributed by atoms with Gasteiger partial charge in [-0.15, -0.1) is 0 Å². The van der Waals surface area contributed by atoms with Crippen LogP contribution in [0.3, 0.4) is 0 Å². The summed E-state index contributed by atoms with van der Waals surface area (Å²) in [6.45, 7) is 0.0559. The number of anilines is 1. The lowest BCUT2D eigenvalue weighted by Gasteiger charge is -2.17. The lowest BCUT2D eigenvalue weighted by Crippen LogP contribution is -2.32. The van der Waals surface area contributed by atoms with E-state index < -0.39 is 6.10 Å². The lowest BCUT2D eigenvalue weighted by atomic mass is 10.1. The van der Waals surface area contributed by atoms with Gasteiger partial charge in [0.15, 0.2) is 0 Å². The molecule has 0 saturated carbocycles. The van der Waals surface area contributed by atoms with Gasteiger partial charge in [0, 0.05) is 17.8 Å². The Balaban J connectivity index is 1.59. The molecule has 0 aromatic heterocycles. The number of nitrogens with one attached hydrogen (secondary N) is 2. The summed E-state index contributed by atoms with van der Waals surface area (Å²) in [5, 5.41) is 15.9. The molecular weight excluding hydrogens is 332 g/mol. The fraction of sp³-hybridized carbons (Fsp3) is 0.350. The number of aliphatic hydroxyl groups excluding tert-OH is 1. The van der Waals surface area contributed by atoms with Crippen molar-refractivity contribution < 1.29 is 19.4 Å². The Morgan fingerprint density at radius 3 is 2.69 bits per heavy atom.